The number of benzene rings is 1. The summed E-state index contributed by atoms with van der Waals surface area (Å²) in [6.07, 6.45) is 9.09. The zero-order chi connectivity index (χ0) is 27.5. The standard InChI is InChI=1S/C29H35NO6Si/c1-26(2)19-28(5,17-21(18-30)25(26)32)12-11-24(31)27(3,4)29(34-14-15-35-29)13-10-20-8-9-22(36-37-7)23(16-20)33-6/h8-13,16-17H,14-15,19H2,1-7H3/b12-11+,13-10+/t28-/m0/s1. The summed E-state index contributed by atoms with van der Waals surface area (Å²) in [5, 5.41) is 9.45. The molecule has 8 heteroatoms. The SMILES string of the molecule is COc1cc(/C=C/C2(C(C)(C)C(=O)/C=C/[C@@]3(C)C=C(C#N)C(=O)C(C)(C)C3)OCCO2)ccc1O[Si]C. The fraction of sp³-hybridized carbons (Fsp3) is 0.483. The van der Waals surface area contributed by atoms with Gasteiger partial charge in [0.25, 0.3) is 0 Å². The van der Waals surface area contributed by atoms with E-state index in [1.54, 1.807) is 39.2 Å². The van der Waals surface area contributed by atoms with Crippen molar-refractivity contribution >= 4 is 27.4 Å². The molecule has 2 aliphatic rings. The Kier molecular flexibility index (Phi) is 8.33. The van der Waals surface area contributed by atoms with Crippen LogP contribution in [0.4, 0.5) is 0 Å². The third-order valence-corrected chi connectivity index (χ3v) is 7.41. The highest BCUT2D eigenvalue weighted by molar-refractivity contribution is 6.26. The number of carbonyl (C=O) groups excluding carboxylic acids is 2. The highest BCUT2D eigenvalue weighted by Gasteiger charge is 2.52. The number of Topliss-reactive ketones (excluding diaryl/α,β-unsaturated/α-hetero) is 1. The van der Waals surface area contributed by atoms with Crippen LogP contribution in [0.3, 0.4) is 0 Å². The van der Waals surface area contributed by atoms with Gasteiger partial charge >= 0.3 is 9.76 Å². The maximum atomic E-state index is 13.6. The number of methoxy groups -OCH3 is 1. The quantitative estimate of drug-likeness (QED) is 0.329. The summed E-state index contributed by atoms with van der Waals surface area (Å²) >= 11 is 0. The van der Waals surface area contributed by atoms with E-state index >= 15 is 0 Å². The largest absolute Gasteiger partial charge is 0.539 e. The Labute approximate surface area is 222 Å². The second-order valence-corrected chi connectivity index (χ2v) is 11.4. The van der Waals surface area contributed by atoms with Crippen LogP contribution in [0.2, 0.25) is 6.55 Å². The number of hydrogen-bond acceptors (Lipinski definition) is 7. The van der Waals surface area contributed by atoms with Gasteiger partial charge in [0.15, 0.2) is 17.3 Å². The number of nitrogens with zero attached hydrogens (tertiary/aromatic N) is 1. The number of ether oxygens (including phenoxy) is 3. The van der Waals surface area contributed by atoms with Crippen molar-refractivity contribution in [3.05, 3.63) is 53.6 Å². The summed E-state index contributed by atoms with van der Waals surface area (Å²) in [7, 11) is 1.88. The Hall–Kier alpha value is -2.99. The van der Waals surface area contributed by atoms with E-state index < -0.39 is 22.0 Å². The molecule has 2 radical (unpaired) electrons. The Balaban J connectivity index is 1.89. The molecule has 0 aromatic heterocycles. The summed E-state index contributed by atoms with van der Waals surface area (Å²) in [6, 6.07) is 7.61. The van der Waals surface area contributed by atoms with Crippen LogP contribution >= 0.6 is 0 Å². The second kappa shape index (κ2) is 10.8. The zero-order valence-corrected chi connectivity index (χ0v) is 23.6. The minimum Gasteiger partial charge on any atom is -0.539 e. The minimum absolute atomic E-state index is 0.128. The predicted molar refractivity (Wildman–Crippen MR) is 142 cm³/mol. The second-order valence-electron chi connectivity index (χ2n) is 10.8. The van der Waals surface area contributed by atoms with Gasteiger partial charge in [-0.25, -0.2) is 0 Å². The van der Waals surface area contributed by atoms with E-state index in [1.165, 1.54) is 6.08 Å². The lowest BCUT2D eigenvalue weighted by atomic mass is 9.65. The number of hydrogen-bond donors (Lipinski definition) is 0. The van der Waals surface area contributed by atoms with E-state index in [1.807, 2.05) is 57.7 Å². The average molecular weight is 522 g/mol. The molecule has 3 rings (SSSR count). The summed E-state index contributed by atoms with van der Waals surface area (Å²) in [5.74, 6) is -0.344. The van der Waals surface area contributed by atoms with Gasteiger partial charge in [-0.15, -0.1) is 0 Å². The van der Waals surface area contributed by atoms with Crippen molar-refractivity contribution in [2.45, 2.75) is 53.4 Å². The van der Waals surface area contributed by atoms with E-state index in [4.69, 9.17) is 18.6 Å². The summed E-state index contributed by atoms with van der Waals surface area (Å²) in [4.78, 5) is 26.1. The van der Waals surface area contributed by atoms with Gasteiger partial charge < -0.3 is 18.6 Å². The molecule has 1 saturated heterocycles. The van der Waals surface area contributed by atoms with Crippen molar-refractivity contribution in [1.29, 1.82) is 5.26 Å². The molecule has 1 fully saturated rings. The van der Waals surface area contributed by atoms with Crippen molar-refractivity contribution in [1.82, 2.24) is 0 Å². The van der Waals surface area contributed by atoms with Crippen LogP contribution in [0, 0.1) is 27.6 Å². The van der Waals surface area contributed by atoms with Gasteiger partial charge in [-0.2, -0.15) is 5.26 Å². The molecule has 0 saturated carbocycles. The zero-order valence-electron chi connectivity index (χ0n) is 22.6. The fourth-order valence-electron chi connectivity index (χ4n) is 4.96. The van der Waals surface area contributed by atoms with Crippen LogP contribution in [-0.4, -0.2) is 47.4 Å². The topological polar surface area (TPSA) is 94.9 Å². The molecule has 0 amide bonds. The molecule has 7 nitrogen and oxygen atoms in total. The van der Waals surface area contributed by atoms with Gasteiger partial charge in [-0.05, 0) is 56.7 Å². The predicted octanol–water partition coefficient (Wildman–Crippen LogP) is 5.10. The lowest BCUT2D eigenvalue weighted by Crippen LogP contribution is -2.48. The third-order valence-electron chi connectivity index (χ3n) is 6.99. The Bertz CT molecular complexity index is 1180. The lowest BCUT2D eigenvalue weighted by molar-refractivity contribution is -0.191. The normalized spacial score (nSPS) is 23.2. The van der Waals surface area contributed by atoms with Crippen LogP contribution in [0.5, 0.6) is 11.5 Å². The molecular formula is C29H35NO6Si. The van der Waals surface area contributed by atoms with Crippen molar-refractivity contribution < 1.29 is 28.2 Å². The summed E-state index contributed by atoms with van der Waals surface area (Å²) in [5.41, 5.74) is -1.41. The molecule has 1 aliphatic heterocycles. The molecule has 1 heterocycles. The van der Waals surface area contributed by atoms with Gasteiger partial charge in [0.2, 0.25) is 5.79 Å². The van der Waals surface area contributed by atoms with Crippen LogP contribution in [-0.2, 0) is 19.1 Å². The van der Waals surface area contributed by atoms with E-state index in [2.05, 4.69) is 0 Å². The first kappa shape index (κ1) is 28.6. The average Bonchev–Trinajstić information content (AvgIpc) is 3.35. The number of nitriles is 1. The summed E-state index contributed by atoms with van der Waals surface area (Å²) < 4.78 is 23.2. The number of carbonyl (C=O) groups is 2. The monoisotopic (exact) mass is 521 g/mol. The molecule has 1 aliphatic carbocycles. The van der Waals surface area contributed by atoms with E-state index in [0.717, 1.165) is 5.56 Å². The Morgan fingerprint density at radius 2 is 1.84 bits per heavy atom. The molecule has 196 valence electrons. The molecule has 0 N–H and O–H groups in total. The number of ketones is 2. The van der Waals surface area contributed by atoms with Gasteiger partial charge in [0.1, 0.15) is 11.8 Å². The van der Waals surface area contributed by atoms with Gasteiger partial charge in [0, 0.05) is 10.8 Å². The van der Waals surface area contributed by atoms with Crippen molar-refractivity contribution in [2.24, 2.45) is 16.2 Å². The van der Waals surface area contributed by atoms with Gasteiger partial charge in [0.05, 0.1) is 31.3 Å². The molecule has 1 aromatic rings. The Morgan fingerprint density at radius 3 is 2.43 bits per heavy atom. The molecule has 0 spiro atoms. The van der Waals surface area contributed by atoms with Crippen LogP contribution < -0.4 is 9.16 Å². The van der Waals surface area contributed by atoms with E-state index in [0.29, 0.717) is 40.9 Å². The summed E-state index contributed by atoms with van der Waals surface area (Å²) in [6.45, 7) is 11.8. The molecule has 0 unspecified atom stereocenters. The van der Waals surface area contributed by atoms with Crippen LogP contribution in [0.15, 0.2) is 48.1 Å². The minimum atomic E-state index is -1.27. The fourth-order valence-corrected chi connectivity index (χ4v) is 5.35. The number of allylic oxidation sites excluding steroid dienone is 4. The van der Waals surface area contributed by atoms with Crippen molar-refractivity contribution in [3.8, 4) is 17.6 Å². The van der Waals surface area contributed by atoms with E-state index in [9.17, 15) is 14.9 Å². The van der Waals surface area contributed by atoms with Crippen molar-refractivity contribution in [3.63, 3.8) is 0 Å². The Morgan fingerprint density at radius 1 is 1.16 bits per heavy atom. The molecular weight excluding hydrogens is 486 g/mol. The van der Waals surface area contributed by atoms with Crippen LogP contribution in [0.1, 0.15) is 46.6 Å². The van der Waals surface area contributed by atoms with E-state index in [-0.39, 0.29) is 17.1 Å². The molecule has 1 aromatic carbocycles. The van der Waals surface area contributed by atoms with Crippen LogP contribution in [0.25, 0.3) is 6.08 Å². The first-order valence-corrected chi connectivity index (χ1v) is 13.6. The molecule has 37 heavy (non-hydrogen) atoms. The number of rotatable bonds is 9. The smallest absolute Gasteiger partial charge is 0.307 e. The lowest BCUT2D eigenvalue weighted by Gasteiger charge is -2.39. The van der Waals surface area contributed by atoms with Crippen molar-refractivity contribution in [2.75, 3.05) is 20.3 Å². The first-order valence-electron chi connectivity index (χ1n) is 12.2. The highest BCUT2D eigenvalue weighted by Crippen LogP contribution is 2.45. The first-order chi connectivity index (χ1) is 17.3. The molecule has 1 atom stereocenters. The third kappa shape index (κ3) is 5.79. The van der Waals surface area contributed by atoms with Gasteiger partial charge in [-0.3, -0.25) is 9.59 Å². The molecule has 0 bridgehead atoms. The maximum absolute atomic E-state index is 13.6. The highest BCUT2D eigenvalue weighted by atomic mass is 28.2. The van der Waals surface area contributed by atoms with Gasteiger partial charge in [-0.1, -0.05) is 45.1 Å². The maximum Gasteiger partial charge on any atom is 0.307 e.